The standard InChI is InChI=1S/C15H26N4/c1-4-7-16-13(3)14-5-8-19(9-6-14)15-10-12(2)11-17-18-15/h10-11,13-14,16H,4-9H2,1-3H3. The van der Waals surface area contributed by atoms with Gasteiger partial charge in [0.05, 0.1) is 6.20 Å². The largest absolute Gasteiger partial charge is 0.355 e. The van der Waals surface area contributed by atoms with E-state index in [-0.39, 0.29) is 0 Å². The highest BCUT2D eigenvalue weighted by atomic mass is 15.3. The summed E-state index contributed by atoms with van der Waals surface area (Å²) in [5.41, 5.74) is 1.19. The molecule has 0 bridgehead atoms. The molecule has 0 aromatic carbocycles. The molecule has 1 aliphatic rings. The van der Waals surface area contributed by atoms with Crippen LogP contribution in [0, 0.1) is 12.8 Å². The van der Waals surface area contributed by atoms with Gasteiger partial charge in [0.25, 0.3) is 0 Å². The van der Waals surface area contributed by atoms with Crippen molar-refractivity contribution in [2.24, 2.45) is 5.92 Å². The van der Waals surface area contributed by atoms with Gasteiger partial charge in [-0.1, -0.05) is 6.92 Å². The van der Waals surface area contributed by atoms with Crippen molar-refractivity contribution in [3.8, 4) is 0 Å². The van der Waals surface area contributed by atoms with Crippen LogP contribution in [-0.2, 0) is 0 Å². The molecule has 0 amide bonds. The number of anilines is 1. The van der Waals surface area contributed by atoms with Crippen molar-refractivity contribution in [3.05, 3.63) is 17.8 Å². The number of nitrogens with zero attached hydrogens (tertiary/aromatic N) is 3. The summed E-state index contributed by atoms with van der Waals surface area (Å²) in [6.07, 6.45) is 5.51. The lowest BCUT2D eigenvalue weighted by molar-refractivity contribution is 0.310. The van der Waals surface area contributed by atoms with Crippen molar-refractivity contribution in [1.82, 2.24) is 15.5 Å². The highest BCUT2D eigenvalue weighted by molar-refractivity contribution is 5.39. The Bertz CT molecular complexity index is 385. The first-order valence-corrected chi connectivity index (χ1v) is 7.48. The highest BCUT2D eigenvalue weighted by Crippen LogP contribution is 2.24. The monoisotopic (exact) mass is 262 g/mol. The van der Waals surface area contributed by atoms with E-state index in [0.29, 0.717) is 6.04 Å². The summed E-state index contributed by atoms with van der Waals surface area (Å²) in [5.74, 6) is 1.83. The Balaban J connectivity index is 1.85. The first-order chi connectivity index (χ1) is 9.20. The van der Waals surface area contributed by atoms with Gasteiger partial charge in [-0.05, 0) is 57.2 Å². The zero-order chi connectivity index (χ0) is 13.7. The van der Waals surface area contributed by atoms with Crippen LogP contribution in [0.4, 0.5) is 5.82 Å². The number of piperidine rings is 1. The second-order valence-electron chi connectivity index (χ2n) is 5.66. The Morgan fingerprint density at radius 2 is 2.16 bits per heavy atom. The van der Waals surface area contributed by atoms with Crippen LogP contribution in [0.3, 0.4) is 0 Å². The third-order valence-electron chi connectivity index (χ3n) is 4.07. The fourth-order valence-corrected chi connectivity index (χ4v) is 2.77. The Morgan fingerprint density at radius 3 is 2.79 bits per heavy atom. The van der Waals surface area contributed by atoms with Crippen LogP contribution in [0.15, 0.2) is 12.3 Å². The molecule has 4 nitrogen and oxygen atoms in total. The Morgan fingerprint density at radius 1 is 1.42 bits per heavy atom. The summed E-state index contributed by atoms with van der Waals surface area (Å²) < 4.78 is 0. The molecule has 106 valence electrons. The average Bonchev–Trinajstić information content (AvgIpc) is 2.45. The lowest BCUT2D eigenvalue weighted by atomic mass is 9.90. The highest BCUT2D eigenvalue weighted by Gasteiger charge is 2.24. The maximum Gasteiger partial charge on any atom is 0.151 e. The van der Waals surface area contributed by atoms with E-state index < -0.39 is 0 Å². The first-order valence-electron chi connectivity index (χ1n) is 7.48. The molecule has 4 heteroatoms. The van der Waals surface area contributed by atoms with Gasteiger partial charge in [0.15, 0.2) is 5.82 Å². The van der Waals surface area contributed by atoms with E-state index in [9.17, 15) is 0 Å². The molecule has 1 saturated heterocycles. The number of aryl methyl sites for hydroxylation is 1. The van der Waals surface area contributed by atoms with E-state index in [4.69, 9.17) is 0 Å². The smallest absolute Gasteiger partial charge is 0.151 e. The van der Waals surface area contributed by atoms with Crippen molar-refractivity contribution in [2.45, 2.75) is 46.1 Å². The maximum absolute atomic E-state index is 4.24. The van der Waals surface area contributed by atoms with Crippen LogP contribution < -0.4 is 10.2 Å². The van der Waals surface area contributed by atoms with Crippen molar-refractivity contribution >= 4 is 5.82 Å². The number of aromatic nitrogens is 2. The number of nitrogens with one attached hydrogen (secondary N) is 1. The van der Waals surface area contributed by atoms with Crippen molar-refractivity contribution < 1.29 is 0 Å². The van der Waals surface area contributed by atoms with Gasteiger partial charge in [-0.3, -0.25) is 0 Å². The molecule has 0 spiro atoms. The molecule has 0 saturated carbocycles. The third kappa shape index (κ3) is 3.90. The maximum atomic E-state index is 4.24. The van der Waals surface area contributed by atoms with Crippen LogP contribution in [0.2, 0.25) is 0 Å². The zero-order valence-corrected chi connectivity index (χ0v) is 12.4. The van der Waals surface area contributed by atoms with E-state index in [0.717, 1.165) is 31.4 Å². The Hall–Kier alpha value is -1.16. The minimum Gasteiger partial charge on any atom is -0.355 e. The predicted octanol–water partition coefficient (Wildman–Crippen LogP) is 2.39. The fourth-order valence-electron chi connectivity index (χ4n) is 2.77. The quantitative estimate of drug-likeness (QED) is 0.884. The van der Waals surface area contributed by atoms with Gasteiger partial charge in [-0.2, -0.15) is 5.10 Å². The number of hydrogen-bond acceptors (Lipinski definition) is 4. The SMILES string of the molecule is CCCNC(C)C1CCN(c2cc(C)cnn2)CC1. The lowest BCUT2D eigenvalue weighted by Gasteiger charge is -2.35. The zero-order valence-electron chi connectivity index (χ0n) is 12.4. The average molecular weight is 262 g/mol. The molecule has 1 fully saturated rings. The molecule has 19 heavy (non-hydrogen) atoms. The summed E-state index contributed by atoms with van der Waals surface area (Å²) in [6.45, 7) is 9.94. The molecule has 1 aliphatic heterocycles. The summed E-state index contributed by atoms with van der Waals surface area (Å²) >= 11 is 0. The predicted molar refractivity (Wildman–Crippen MR) is 79.5 cm³/mol. The van der Waals surface area contributed by atoms with Crippen molar-refractivity contribution in [2.75, 3.05) is 24.5 Å². The molecule has 1 N–H and O–H groups in total. The van der Waals surface area contributed by atoms with Crippen molar-refractivity contribution in [3.63, 3.8) is 0 Å². The fraction of sp³-hybridized carbons (Fsp3) is 0.733. The molecule has 0 radical (unpaired) electrons. The van der Waals surface area contributed by atoms with Crippen LogP contribution >= 0.6 is 0 Å². The van der Waals surface area contributed by atoms with Crippen LogP contribution in [0.5, 0.6) is 0 Å². The number of rotatable bonds is 5. The molecule has 1 aromatic rings. The molecule has 2 heterocycles. The molecule has 1 aromatic heterocycles. The normalized spacial score (nSPS) is 18.6. The van der Waals surface area contributed by atoms with Crippen LogP contribution in [-0.4, -0.2) is 35.9 Å². The minimum atomic E-state index is 0.630. The van der Waals surface area contributed by atoms with Crippen LogP contribution in [0.1, 0.15) is 38.7 Å². The molecular weight excluding hydrogens is 236 g/mol. The van der Waals surface area contributed by atoms with E-state index in [2.05, 4.69) is 47.3 Å². The van der Waals surface area contributed by atoms with Gasteiger partial charge < -0.3 is 10.2 Å². The molecular formula is C15H26N4. The van der Waals surface area contributed by atoms with E-state index in [1.165, 1.54) is 24.8 Å². The molecule has 1 unspecified atom stereocenters. The minimum absolute atomic E-state index is 0.630. The Labute approximate surface area is 116 Å². The summed E-state index contributed by atoms with van der Waals surface area (Å²) in [4.78, 5) is 2.36. The van der Waals surface area contributed by atoms with E-state index in [1.807, 2.05) is 6.20 Å². The lowest BCUT2D eigenvalue weighted by Crippen LogP contribution is -2.42. The number of hydrogen-bond donors (Lipinski definition) is 1. The van der Waals surface area contributed by atoms with E-state index >= 15 is 0 Å². The van der Waals surface area contributed by atoms with Crippen LogP contribution in [0.25, 0.3) is 0 Å². The summed E-state index contributed by atoms with van der Waals surface area (Å²) in [6, 6.07) is 2.76. The second kappa shape index (κ2) is 6.85. The van der Waals surface area contributed by atoms with Gasteiger partial charge in [-0.25, -0.2) is 0 Å². The van der Waals surface area contributed by atoms with Crippen molar-refractivity contribution in [1.29, 1.82) is 0 Å². The van der Waals surface area contributed by atoms with Gasteiger partial charge in [0.2, 0.25) is 0 Å². The topological polar surface area (TPSA) is 41.0 Å². The van der Waals surface area contributed by atoms with Gasteiger partial charge in [0.1, 0.15) is 0 Å². The van der Waals surface area contributed by atoms with Gasteiger partial charge >= 0.3 is 0 Å². The molecule has 1 atom stereocenters. The Kier molecular flexibility index (Phi) is 5.14. The summed E-state index contributed by atoms with van der Waals surface area (Å²) in [5, 5.41) is 11.9. The third-order valence-corrected chi connectivity index (χ3v) is 4.07. The van der Waals surface area contributed by atoms with E-state index in [1.54, 1.807) is 0 Å². The van der Waals surface area contributed by atoms with Gasteiger partial charge in [-0.15, -0.1) is 5.10 Å². The molecule has 2 rings (SSSR count). The summed E-state index contributed by atoms with van der Waals surface area (Å²) in [7, 11) is 0. The second-order valence-corrected chi connectivity index (χ2v) is 5.66. The molecule has 0 aliphatic carbocycles. The van der Waals surface area contributed by atoms with Gasteiger partial charge in [0, 0.05) is 19.1 Å². The first kappa shape index (κ1) is 14.3.